The molecular formula is C23H37N5O2. The molecule has 3 rings (SSSR count). The molecule has 0 unspecified atom stereocenters. The number of ether oxygens (including phenoxy) is 1. The van der Waals surface area contributed by atoms with Gasteiger partial charge < -0.3 is 20.7 Å². The molecule has 1 aromatic carbocycles. The quantitative estimate of drug-likeness (QED) is 0.551. The molecule has 2 aliphatic rings. The Balaban J connectivity index is 1.40. The highest BCUT2D eigenvalue weighted by molar-refractivity contribution is 5.78. The molecule has 1 aromatic rings. The van der Waals surface area contributed by atoms with Gasteiger partial charge in [0.15, 0.2) is 5.96 Å². The molecule has 0 saturated carbocycles. The summed E-state index contributed by atoms with van der Waals surface area (Å²) in [5.74, 6) is 0.471. The number of nitrogens with one attached hydrogen (secondary N) is 1. The summed E-state index contributed by atoms with van der Waals surface area (Å²) < 4.78 is 5.06. The molecule has 3 N–H and O–H groups in total. The molecule has 0 atom stereocenters. The summed E-state index contributed by atoms with van der Waals surface area (Å²) in [4.78, 5) is 20.6. The SMILES string of the molecule is CCOC(=O)N1CCC(NC(N)=NCc2ccc(CN3CCCCCC3)cc2)CC1. The van der Waals surface area contributed by atoms with Crippen LogP contribution in [-0.4, -0.2) is 60.7 Å². The van der Waals surface area contributed by atoms with Crippen molar-refractivity contribution in [2.75, 3.05) is 32.8 Å². The summed E-state index contributed by atoms with van der Waals surface area (Å²) in [7, 11) is 0. The summed E-state index contributed by atoms with van der Waals surface area (Å²) in [6, 6.07) is 8.98. The van der Waals surface area contributed by atoms with Crippen molar-refractivity contribution in [3.8, 4) is 0 Å². The van der Waals surface area contributed by atoms with E-state index in [1.54, 1.807) is 4.90 Å². The number of aliphatic imine (C=N–C) groups is 1. The number of carbonyl (C=O) groups is 1. The number of nitrogens with zero attached hydrogens (tertiary/aromatic N) is 3. The Bertz CT molecular complexity index is 675. The van der Waals surface area contributed by atoms with Crippen molar-refractivity contribution < 1.29 is 9.53 Å². The second-order valence-corrected chi connectivity index (χ2v) is 8.31. The first-order valence-electron chi connectivity index (χ1n) is 11.4. The van der Waals surface area contributed by atoms with Gasteiger partial charge in [-0.25, -0.2) is 9.79 Å². The first-order valence-corrected chi connectivity index (χ1v) is 11.4. The van der Waals surface area contributed by atoms with Gasteiger partial charge in [-0.05, 0) is 56.8 Å². The third-order valence-electron chi connectivity index (χ3n) is 5.93. The molecule has 1 amide bonds. The zero-order valence-electron chi connectivity index (χ0n) is 18.3. The number of hydrogen-bond acceptors (Lipinski definition) is 4. The monoisotopic (exact) mass is 415 g/mol. The lowest BCUT2D eigenvalue weighted by molar-refractivity contribution is 0.0963. The lowest BCUT2D eigenvalue weighted by atomic mass is 10.1. The Morgan fingerprint density at radius 3 is 2.33 bits per heavy atom. The highest BCUT2D eigenvalue weighted by Crippen LogP contribution is 2.14. The maximum Gasteiger partial charge on any atom is 0.409 e. The van der Waals surface area contributed by atoms with Gasteiger partial charge in [-0.1, -0.05) is 37.1 Å². The second-order valence-electron chi connectivity index (χ2n) is 8.31. The van der Waals surface area contributed by atoms with E-state index in [-0.39, 0.29) is 12.1 Å². The molecule has 0 bridgehead atoms. The third kappa shape index (κ3) is 7.20. The molecule has 0 aromatic heterocycles. The number of piperidine rings is 1. The Labute approximate surface area is 180 Å². The van der Waals surface area contributed by atoms with E-state index >= 15 is 0 Å². The molecule has 166 valence electrons. The fourth-order valence-corrected chi connectivity index (χ4v) is 4.15. The Morgan fingerprint density at radius 1 is 1.07 bits per heavy atom. The van der Waals surface area contributed by atoms with Gasteiger partial charge in [0.25, 0.3) is 0 Å². The highest BCUT2D eigenvalue weighted by atomic mass is 16.6. The van der Waals surface area contributed by atoms with Crippen LogP contribution in [0, 0.1) is 0 Å². The topological polar surface area (TPSA) is 83.2 Å². The van der Waals surface area contributed by atoms with E-state index in [9.17, 15) is 4.79 Å². The van der Waals surface area contributed by atoms with E-state index in [2.05, 4.69) is 39.5 Å². The number of guanidine groups is 1. The molecule has 7 heteroatoms. The largest absolute Gasteiger partial charge is 0.450 e. The van der Waals surface area contributed by atoms with Crippen LogP contribution in [0.15, 0.2) is 29.3 Å². The fourth-order valence-electron chi connectivity index (χ4n) is 4.15. The second kappa shape index (κ2) is 11.8. The molecule has 30 heavy (non-hydrogen) atoms. The van der Waals surface area contributed by atoms with Gasteiger partial charge in [0.2, 0.25) is 0 Å². The summed E-state index contributed by atoms with van der Waals surface area (Å²) in [6.45, 7) is 7.65. The van der Waals surface area contributed by atoms with Gasteiger partial charge in [0, 0.05) is 25.7 Å². The van der Waals surface area contributed by atoms with Crippen molar-refractivity contribution in [1.82, 2.24) is 15.1 Å². The van der Waals surface area contributed by atoms with Crippen molar-refractivity contribution in [3.05, 3.63) is 35.4 Å². The standard InChI is InChI=1S/C23H37N5O2/c1-2-30-23(29)28-15-11-21(12-16-28)26-22(24)25-17-19-7-9-20(10-8-19)18-27-13-5-3-4-6-14-27/h7-10,21H,2-6,11-18H2,1H3,(H3,24,25,26). The van der Waals surface area contributed by atoms with Crippen molar-refractivity contribution in [1.29, 1.82) is 0 Å². The lowest BCUT2D eigenvalue weighted by Gasteiger charge is -2.31. The van der Waals surface area contributed by atoms with Crippen molar-refractivity contribution in [2.24, 2.45) is 10.7 Å². The zero-order valence-corrected chi connectivity index (χ0v) is 18.3. The number of benzene rings is 1. The Kier molecular flexibility index (Phi) is 8.81. The number of carbonyl (C=O) groups excluding carboxylic acids is 1. The smallest absolute Gasteiger partial charge is 0.409 e. The molecule has 0 spiro atoms. The maximum atomic E-state index is 11.8. The van der Waals surface area contributed by atoms with Gasteiger partial charge in [-0.2, -0.15) is 0 Å². The van der Waals surface area contributed by atoms with Crippen LogP contribution in [0.4, 0.5) is 4.79 Å². The molecule has 0 aliphatic carbocycles. The number of rotatable bonds is 6. The molecule has 2 fully saturated rings. The van der Waals surface area contributed by atoms with Crippen molar-refractivity contribution in [2.45, 2.75) is 64.6 Å². The molecule has 2 saturated heterocycles. The molecule has 0 radical (unpaired) electrons. The van der Waals surface area contributed by atoms with E-state index in [0.717, 1.165) is 24.9 Å². The molecular weight excluding hydrogens is 378 g/mol. The average molecular weight is 416 g/mol. The predicted molar refractivity (Wildman–Crippen MR) is 120 cm³/mol. The number of amides is 1. The van der Waals surface area contributed by atoms with Crippen LogP contribution in [-0.2, 0) is 17.8 Å². The van der Waals surface area contributed by atoms with Gasteiger partial charge in [-0.3, -0.25) is 4.90 Å². The lowest BCUT2D eigenvalue weighted by Crippen LogP contribution is -2.48. The Hall–Kier alpha value is -2.28. The molecule has 2 aliphatic heterocycles. The van der Waals surface area contributed by atoms with Crippen molar-refractivity contribution >= 4 is 12.1 Å². The van der Waals surface area contributed by atoms with Crippen LogP contribution in [0.2, 0.25) is 0 Å². The number of likely N-dealkylation sites (tertiary alicyclic amines) is 2. The van der Waals surface area contributed by atoms with Crippen LogP contribution in [0.3, 0.4) is 0 Å². The summed E-state index contributed by atoms with van der Waals surface area (Å²) in [5.41, 5.74) is 8.62. The molecule has 7 nitrogen and oxygen atoms in total. The number of hydrogen-bond donors (Lipinski definition) is 2. The van der Waals surface area contributed by atoms with Crippen LogP contribution < -0.4 is 11.1 Å². The van der Waals surface area contributed by atoms with Gasteiger partial charge in [0.05, 0.1) is 13.2 Å². The van der Waals surface area contributed by atoms with E-state index in [0.29, 0.717) is 32.2 Å². The van der Waals surface area contributed by atoms with Gasteiger partial charge in [-0.15, -0.1) is 0 Å². The first-order chi connectivity index (χ1) is 14.6. The predicted octanol–water partition coefficient (Wildman–Crippen LogP) is 3.09. The minimum atomic E-state index is -0.225. The fraction of sp³-hybridized carbons (Fsp3) is 0.652. The van der Waals surface area contributed by atoms with Crippen LogP contribution >= 0.6 is 0 Å². The average Bonchev–Trinajstić information content (AvgIpc) is 3.03. The molecule has 2 heterocycles. The van der Waals surface area contributed by atoms with E-state index in [1.165, 1.54) is 44.3 Å². The van der Waals surface area contributed by atoms with Crippen molar-refractivity contribution in [3.63, 3.8) is 0 Å². The van der Waals surface area contributed by atoms with Crippen LogP contribution in [0.1, 0.15) is 56.6 Å². The maximum absolute atomic E-state index is 11.8. The highest BCUT2D eigenvalue weighted by Gasteiger charge is 2.23. The van der Waals surface area contributed by atoms with Gasteiger partial charge >= 0.3 is 6.09 Å². The minimum Gasteiger partial charge on any atom is -0.450 e. The first kappa shape index (κ1) is 22.4. The van der Waals surface area contributed by atoms with Crippen LogP contribution in [0.25, 0.3) is 0 Å². The third-order valence-corrected chi connectivity index (χ3v) is 5.93. The van der Waals surface area contributed by atoms with E-state index in [4.69, 9.17) is 10.5 Å². The Morgan fingerprint density at radius 2 is 1.70 bits per heavy atom. The summed E-state index contributed by atoms with van der Waals surface area (Å²) in [5, 5.41) is 3.29. The normalized spacial score (nSPS) is 19.4. The number of nitrogens with two attached hydrogens (primary N) is 1. The summed E-state index contributed by atoms with van der Waals surface area (Å²) >= 11 is 0. The minimum absolute atomic E-state index is 0.225. The summed E-state index contributed by atoms with van der Waals surface area (Å²) in [6.07, 6.45) is 6.85. The van der Waals surface area contributed by atoms with E-state index in [1.807, 2.05) is 6.92 Å². The van der Waals surface area contributed by atoms with E-state index < -0.39 is 0 Å². The zero-order chi connectivity index (χ0) is 21.2. The van der Waals surface area contributed by atoms with Gasteiger partial charge in [0.1, 0.15) is 0 Å². The van der Waals surface area contributed by atoms with Crippen LogP contribution in [0.5, 0.6) is 0 Å².